The predicted octanol–water partition coefficient (Wildman–Crippen LogP) is 0.611. The van der Waals surface area contributed by atoms with E-state index in [9.17, 15) is 10.1 Å². The van der Waals surface area contributed by atoms with Gasteiger partial charge in [0, 0.05) is 13.1 Å². The first kappa shape index (κ1) is 13.1. The van der Waals surface area contributed by atoms with Crippen LogP contribution >= 0.6 is 0 Å². The van der Waals surface area contributed by atoms with Crippen molar-refractivity contribution >= 4 is 17.3 Å². The molecule has 17 heavy (non-hydrogen) atoms. The lowest BCUT2D eigenvalue weighted by Crippen LogP contribution is -2.12. The van der Waals surface area contributed by atoms with Gasteiger partial charge < -0.3 is 15.7 Å². The molecule has 0 aliphatic rings. The lowest BCUT2D eigenvalue weighted by atomic mass is 10.4. The Morgan fingerprint density at radius 1 is 1.35 bits per heavy atom. The maximum Gasteiger partial charge on any atom is 0.353 e. The fourth-order valence-corrected chi connectivity index (χ4v) is 1.23. The highest BCUT2D eigenvalue weighted by Gasteiger charge is 2.22. The minimum absolute atomic E-state index is 0.109. The van der Waals surface area contributed by atoms with Crippen LogP contribution in [0.4, 0.5) is 17.3 Å². The van der Waals surface area contributed by atoms with Gasteiger partial charge in [-0.3, -0.25) is 10.1 Å². The molecular formula is C9H15N5O3. The van der Waals surface area contributed by atoms with Crippen molar-refractivity contribution in [3.63, 3.8) is 0 Å². The van der Waals surface area contributed by atoms with Crippen LogP contribution in [0.5, 0.6) is 0 Å². The van der Waals surface area contributed by atoms with E-state index in [4.69, 9.17) is 5.11 Å². The second-order valence-corrected chi connectivity index (χ2v) is 3.25. The lowest BCUT2D eigenvalue weighted by molar-refractivity contribution is -0.383. The van der Waals surface area contributed by atoms with E-state index in [1.165, 1.54) is 6.33 Å². The van der Waals surface area contributed by atoms with Crippen LogP contribution < -0.4 is 10.6 Å². The molecule has 0 bridgehead atoms. The summed E-state index contributed by atoms with van der Waals surface area (Å²) in [6, 6.07) is 0. The molecule has 94 valence electrons. The molecular weight excluding hydrogens is 226 g/mol. The van der Waals surface area contributed by atoms with Crippen molar-refractivity contribution in [1.82, 2.24) is 9.97 Å². The van der Waals surface area contributed by atoms with E-state index in [-0.39, 0.29) is 30.5 Å². The molecule has 0 unspecified atom stereocenters. The summed E-state index contributed by atoms with van der Waals surface area (Å²) in [4.78, 5) is 18.0. The first-order chi connectivity index (χ1) is 8.20. The first-order valence-corrected chi connectivity index (χ1v) is 5.28. The van der Waals surface area contributed by atoms with Crippen LogP contribution in [0.15, 0.2) is 6.33 Å². The largest absolute Gasteiger partial charge is 0.395 e. The second-order valence-electron chi connectivity index (χ2n) is 3.25. The predicted molar refractivity (Wildman–Crippen MR) is 63.0 cm³/mol. The van der Waals surface area contributed by atoms with Gasteiger partial charge in [-0.2, -0.15) is 0 Å². The Morgan fingerprint density at radius 2 is 1.94 bits per heavy atom. The Bertz CT molecular complexity index is 359. The minimum atomic E-state index is -0.544. The van der Waals surface area contributed by atoms with E-state index >= 15 is 0 Å². The molecule has 3 N–H and O–H groups in total. The third-order valence-corrected chi connectivity index (χ3v) is 1.95. The zero-order chi connectivity index (χ0) is 12.7. The zero-order valence-corrected chi connectivity index (χ0v) is 9.51. The number of nitrogens with zero attached hydrogens (tertiary/aromatic N) is 3. The van der Waals surface area contributed by atoms with Crippen LogP contribution in [0.3, 0.4) is 0 Å². The van der Waals surface area contributed by atoms with Crippen molar-refractivity contribution in [2.24, 2.45) is 0 Å². The van der Waals surface area contributed by atoms with Crippen molar-refractivity contribution in [2.45, 2.75) is 13.3 Å². The standard InChI is InChI=1S/C9H15N5O3/c1-2-3-10-8-7(14(16)17)9(11-4-5-15)13-6-12-8/h6,15H,2-5H2,1H3,(H2,10,11,12,13). The van der Waals surface area contributed by atoms with Gasteiger partial charge in [-0.1, -0.05) is 6.92 Å². The fourth-order valence-electron chi connectivity index (χ4n) is 1.23. The molecule has 1 heterocycles. The molecule has 1 rings (SSSR count). The lowest BCUT2D eigenvalue weighted by Gasteiger charge is -2.08. The molecule has 0 spiro atoms. The third-order valence-electron chi connectivity index (χ3n) is 1.95. The highest BCUT2D eigenvalue weighted by molar-refractivity contribution is 5.69. The molecule has 8 nitrogen and oxygen atoms in total. The monoisotopic (exact) mass is 241 g/mol. The summed E-state index contributed by atoms with van der Waals surface area (Å²) in [6.45, 7) is 2.62. The summed E-state index contributed by atoms with van der Waals surface area (Å²) in [6.07, 6.45) is 2.07. The van der Waals surface area contributed by atoms with Crippen LogP contribution in [-0.4, -0.2) is 39.7 Å². The average Bonchev–Trinajstić information content (AvgIpc) is 2.33. The summed E-state index contributed by atoms with van der Waals surface area (Å²) in [7, 11) is 0. The van der Waals surface area contributed by atoms with E-state index in [0.717, 1.165) is 6.42 Å². The van der Waals surface area contributed by atoms with Crippen LogP contribution in [-0.2, 0) is 0 Å². The molecule has 0 aliphatic carbocycles. The Labute approximate surface area is 98.2 Å². The number of aliphatic hydroxyl groups is 1. The highest BCUT2D eigenvalue weighted by atomic mass is 16.6. The summed E-state index contributed by atoms with van der Waals surface area (Å²) in [5.41, 5.74) is -0.200. The zero-order valence-electron chi connectivity index (χ0n) is 9.51. The molecule has 0 saturated carbocycles. The molecule has 0 saturated heterocycles. The Hall–Kier alpha value is -1.96. The van der Waals surface area contributed by atoms with Crippen molar-refractivity contribution in [3.05, 3.63) is 16.4 Å². The first-order valence-electron chi connectivity index (χ1n) is 5.28. The van der Waals surface area contributed by atoms with Crippen molar-refractivity contribution in [1.29, 1.82) is 0 Å². The molecule has 0 atom stereocenters. The number of nitrogens with one attached hydrogen (secondary N) is 2. The second kappa shape index (κ2) is 6.59. The molecule has 0 amide bonds. The van der Waals surface area contributed by atoms with Gasteiger partial charge in [-0.25, -0.2) is 9.97 Å². The molecule has 0 radical (unpaired) electrons. The molecule has 0 aromatic carbocycles. The Morgan fingerprint density at radius 3 is 2.41 bits per heavy atom. The fraction of sp³-hybridized carbons (Fsp3) is 0.556. The number of anilines is 2. The topological polar surface area (TPSA) is 113 Å². The summed E-state index contributed by atoms with van der Waals surface area (Å²) < 4.78 is 0. The van der Waals surface area contributed by atoms with Crippen molar-refractivity contribution in [2.75, 3.05) is 30.3 Å². The number of rotatable bonds is 7. The van der Waals surface area contributed by atoms with Crippen molar-refractivity contribution < 1.29 is 10.0 Å². The van der Waals surface area contributed by atoms with Gasteiger partial charge in [0.15, 0.2) is 0 Å². The van der Waals surface area contributed by atoms with Crippen LogP contribution in [0.2, 0.25) is 0 Å². The minimum Gasteiger partial charge on any atom is -0.395 e. The van der Waals surface area contributed by atoms with E-state index in [0.29, 0.717) is 6.54 Å². The normalized spacial score (nSPS) is 10.0. The third kappa shape index (κ3) is 3.52. The molecule has 1 aromatic heterocycles. The maximum absolute atomic E-state index is 11.0. The van der Waals surface area contributed by atoms with Gasteiger partial charge in [-0.05, 0) is 6.42 Å². The van der Waals surface area contributed by atoms with Crippen molar-refractivity contribution in [3.8, 4) is 0 Å². The molecule has 0 aliphatic heterocycles. The van der Waals surface area contributed by atoms with E-state index in [1.807, 2.05) is 6.92 Å². The van der Waals surface area contributed by atoms with Gasteiger partial charge >= 0.3 is 5.69 Å². The molecule has 1 aromatic rings. The van der Waals surface area contributed by atoms with E-state index < -0.39 is 4.92 Å². The number of aromatic nitrogens is 2. The quantitative estimate of drug-likeness (QED) is 0.473. The summed E-state index contributed by atoms with van der Waals surface area (Å²) >= 11 is 0. The SMILES string of the molecule is CCCNc1ncnc(NCCO)c1[N+](=O)[O-]. The van der Waals surface area contributed by atoms with Gasteiger partial charge in [0.1, 0.15) is 6.33 Å². The van der Waals surface area contributed by atoms with Gasteiger partial charge in [0.25, 0.3) is 0 Å². The number of hydrogen-bond donors (Lipinski definition) is 3. The maximum atomic E-state index is 11.0. The number of aliphatic hydroxyl groups excluding tert-OH is 1. The highest BCUT2D eigenvalue weighted by Crippen LogP contribution is 2.28. The van der Waals surface area contributed by atoms with Crippen LogP contribution in [0.25, 0.3) is 0 Å². The molecule has 8 heteroatoms. The molecule has 0 fully saturated rings. The van der Waals surface area contributed by atoms with Gasteiger partial charge in [0.2, 0.25) is 11.6 Å². The average molecular weight is 241 g/mol. The summed E-state index contributed by atoms with van der Waals surface area (Å²) in [5.74, 6) is 0.296. The Kier molecular flexibility index (Phi) is 5.08. The van der Waals surface area contributed by atoms with E-state index in [1.54, 1.807) is 0 Å². The van der Waals surface area contributed by atoms with Gasteiger partial charge in [-0.15, -0.1) is 0 Å². The Balaban J connectivity index is 2.99. The number of hydrogen-bond acceptors (Lipinski definition) is 7. The summed E-state index contributed by atoms with van der Waals surface area (Å²) in [5, 5.41) is 25.2. The van der Waals surface area contributed by atoms with Crippen LogP contribution in [0, 0.1) is 10.1 Å². The smallest absolute Gasteiger partial charge is 0.353 e. The van der Waals surface area contributed by atoms with Gasteiger partial charge in [0.05, 0.1) is 11.5 Å². The van der Waals surface area contributed by atoms with Crippen LogP contribution in [0.1, 0.15) is 13.3 Å². The van der Waals surface area contributed by atoms with E-state index in [2.05, 4.69) is 20.6 Å². The number of nitro groups is 1.